The van der Waals surface area contributed by atoms with Gasteiger partial charge in [-0.15, -0.1) is 11.3 Å². The number of thiophene rings is 1. The monoisotopic (exact) mass is 349 g/mol. The Morgan fingerprint density at radius 1 is 1.09 bits per heavy atom. The predicted molar refractivity (Wildman–Crippen MR) is 91.3 cm³/mol. The number of imide groups is 1. The highest BCUT2D eigenvalue weighted by atomic mass is 32.2. The third kappa shape index (κ3) is 2.70. The molecule has 5 nitrogen and oxygen atoms in total. The van der Waals surface area contributed by atoms with Crippen molar-refractivity contribution in [3.05, 3.63) is 35.2 Å². The van der Waals surface area contributed by atoms with E-state index < -0.39 is 4.75 Å². The van der Waals surface area contributed by atoms with Crippen molar-refractivity contribution in [2.75, 3.05) is 14.2 Å². The van der Waals surface area contributed by atoms with Gasteiger partial charge in [0.25, 0.3) is 5.24 Å². The van der Waals surface area contributed by atoms with Crippen LogP contribution < -0.4 is 14.8 Å². The molecule has 1 aromatic heterocycles. The van der Waals surface area contributed by atoms with E-state index in [1.165, 1.54) is 11.3 Å². The molecule has 7 heteroatoms. The van der Waals surface area contributed by atoms with E-state index in [0.717, 1.165) is 38.6 Å². The van der Waals surface area contributed by atoms with E-state index in [9.17, 15) is 9.59 Å². The molecule has 1 saturated heterocycles. The number of thioether (sulfide) groups is 1. The van der Waals surface area contributed by atoms with Crippen LogP contribution in [0.2, 0.25) is 0 Å². The number of benzene rings is 1. The predicted octanol–water partition coefficient (Wildman–Crippen LogP) is 3.63. The van der Waals surface area contributed by atoms with E-state index in [0.29, 0.717) is 0 Å². The number of carbonyl (C=O) groups is 2. The number of methoxy groups -OCH3 is 2. The van der Waals surface area contributed by atoms with Crippen LogP contribution >= 0.6 is 23.1 Å². The molecule has 2 heterocycles. The smallest absolute Gasteiger partial charge is 0.287 e. The van der Waals surface area contributed by atoms with Crippen molar-refractivity contribution in [2.24, 2.45) is 0 Å². The zero-order chi connectivity index (χ0) is 16.6. The van der Waals surface area contributed by atoms with Gasteiger partial charge in [-0.2, -0.15) is 0 Å². The Balaban J connectivity index is 2.03. The zero-order valence-corrected chi connectivity index (χ0v) is 14.5. The SMILES string of the molecule is COc1ccc(OC)c(-c2ccc(C3(C)SC(=O)NC3=O)s2)c1. The largest absolute Gasteiger partial charge is 0.497 e. The standard InChI is InChI=1S/C16H15NO4S2/c1-16(14(18)17-15(19)23-16)13-7-6-12(22-13)10-8-9(20-2)4-5-11(10)21-3/h4-8H,1-3H3,(H,17,18,19). The number of hydrogen-bond donors (Lipinski definition) is 1. The van der Waals surface area contributed by atoms with Gasteiger partial charge in [-0.05, 0) is 49.0 Å². The van der Waals surface area contributed by atoms with Crippen LogP contribution in [-0.4, -0.2) is 25.4 Å². The molecule has 120 valence electrons. The Hall–Kier alpha value is -1.99. The minimum atomic E-state index is -0.883. The molecule has 1 fully saturated rings. The molecule has 3 rings (SSSR count). The Kier molecular flexibility index (Phi) is 4.08. The fourth-order valence-electron chi connectivity index (χ4n) is 2.38. The van der Waals surface area contributed by atoms with Crippen molar-refractivity contribution >= 4 is 34.2 Å². The first-order valence-corrected chi connectivity index (χ1v) is 8.48. The summed E-state index contributed by atoms with van der Waals surface area (Å²) in [6.45, 7) is 1.76. The third-order valence-corrected chi connectivity index (χ3v) is 6.26. The number of rotatable bonds is 4. The molecule has 2 amide bonds. The number of amides is 2. The zero-order valence-electron chi connectivity index (χ0n) is 12.8. The van der Waals surface area contributed by atoms with E-state index >= 15 is 0 Å². The molecule has 0 aliphatic carbocycles. The summed E-state index contributed by atoms with van der Waals surface area (Å²) in [7, 11) is 3.22. The van der Waals surface area contributed by atoms with Gasteiger partial charge in [0.15, 0.2) is 0 Å². The number of nitrogens with one attached hydrogen (secondary N) is 1. The lowest BCUT2D eigenvalue weighted by atomic mass is 10.1. The summed E-state index contributed by atoms with van der Waals surface area (Å²) in [6, 6.07) is 9.37. The molecular weight excluding hydrogens is 334 g/mol. The molecule has 1 aliphatic rings. The molecule has 0 radical (unpaired) electrons. The van der Waals surface area contributed by atoms with Crippen molar-refractivity contribution < 1.29 is 19.1 Å². The van der Waals surface area contributed by atoms with Crippen LogP contribution in [0.25, 0.3) is 10.4 Å². The van der Waals surface area contributed by atoms with Crippen molar-refractivity contribution in [2.45, 2.75) is 11.7 Å². The summed E-state index contributed by atoms with van der Waals surface area (Å²) in [6.07, 6.45) is 0. The van der Waals surface area contributed by atoms with Crippen molar-refractivity contribution in [3.8, 4) is 21.9 Å². The average molecular weight is 349 g/mol. The van der Waals surface area contributed by atoms with Gasteiger partial charge in [-0.1, -0.05) is 0 Å². The molecule has 23 heavy (non-hydrogen) atoms. The van der Waals surface area contributed by atoms with Gasteiger partial charge in [-0.3, -0.25) is 14.9 Å². The minimum absolute atomic E-state index is 0.279. The van der Waals surface area contributed by atoms with Crippen LogP contribution in [0.3, 0.4) is 0 Å². The molecule has 1 aliphatic heterocycles. The minimum Gasteiger partial charge on any atom is -0.497 e. The number of carbonyl (C=O) groups excluding carboxylic acids is 2. The Bertz CT molecular complexity index is 786. The van der Waals surface area contributed by atoms with Crippen LogP contribution in [0.5, 0.6) is 11.5 Å². The molecule has 0 bridgehead atoms. The van der Waals surface area contributed by atoms with Gasteiger partial charge in [0, 0.05) is 15.3 Å². The fourth-order valence-corrected chi connectivity index (χ4v) is 4.52. The van der Waals surface area contributed by atoms with E-state index in [1.807, 2.05) is 30.3 Å². The van der Waals surface area contributed by atoms with Crippen LogP contribution in [0.1, 0.15) is 11.8 Å². The molecule has 1 atom stereocenters. The van der Waals surface area contributed by atoms with Gasteiger partial charge >= 0.3 is 0 Å². The van der Waals surface area contributed by atoms with Crippen molar-refractivity contribution in [1.82, 2.24) is 5.32 Å². The lowest BCUT2D eigenvalue weighted by Crippen LogP contribution is -2.30. The summed E-state index contributed by atoms with van der Waals surface area (Å²) in [5.41, 5.74) is 0.890. The van der Waals surface area contributed by atoms with Crippen LogP contribution in [0, 0.1) is 0 Å². The summed E-state index contributed by atoms with van der Waals surface area (Å²) in [4.78, 5) is 25.4. The van der Waals surface area contributed by atoms with Crippen LogP contribution in [-0.2, 0) is 9.54 Å². The van der Waals surface area contributed by atoms with Gasteiger partial charge < -0.3 is 9.47 Å². The fraction of sp³-hybridized carbons (Fsp3) is 0.250. The maximum absolute atomic E-state index is 12.1. The van der Waals surface area contributed by atoms with E-state index in [-0.39, 0.29) is 11.1 Å². The molecule has 0 saturated carbocycles. The summed E-state index contributed by atoms with van der Waals surface area (Å²) in [5.74, 6) is 1.17. The maximum atomic E-state index is 12.1. The third-order valence-electron chi connectivity index (χ3n) is 3.69. The summed E-state index contributed by atoms with van der Waals surface area (Å²) in [5, 5.41) is 2.03. The molecule has 1 N–H and O–H groups in total. The number of ether oxygens (including phenoxy) is 2. The Morgan fingerprint density at radius 3 is 2.48 bits per heavy atom. The topological polar surface area (TPSA) is 64.6 Å². The first-order chi connectivity index (χ1) is 11.0. The van der Waals surface area contributed by atoms with Gasteiger partial charge in [0.2, 0.25) is 5.91 Å². The van der Waals surface area contributed by atoms with Crippen LogP contribution in [0.4, 0.5) is 4.79 Å². The molecular formula is C16H15NO4S2. The molecule has 0 spiro atoms. The maximum Gasteiger partial charge on any atom is 0.287 e. The first kappa shape index (κ1) is 15.9. The lowest BCUT2D eigenvalue weighted by molar-refractivity contribution is -0.121. The molecule has 1 unspecified atom stereocenters. The second-order valence-corrected chi connectivity index (χ2v) is 7.58. The van der Waals surface area contributed by atoms with Crippen molar-refractivity contribution in [1.29, 1.82) is 0 Å². The van der Waals surface area contributed by atoms with Gasteiger partial charge in [0.1, 0.15) is 16.2 Å². The molecule has 2 aromatic rings. The summed E-state index contributed by atoms with van der Waals surface area (Å²) >= 11 is 2.48. The number of hydrogen-bond acceptors (Lipinski definition) is 6. The normalized spacial score (nSPS) is 20.5. The average Bonchev–Trinajstić information content (AvgIpc) is 3.13. The second kappa shape index (κ2) is 5.90. The highest BCUT2D eigenvalue weighted by Crippen LogP contribution is 2.47. The lowest BCUT2D eigenvalue weighted by Gasteiger charge is -2.15. The Labute approximate surface area is 142 Å². The molecule has 1 aromatic carbocycles. The van der Waals surface area contributed by atoms with Gasteiger partial charge in [0.05, 0.1) is 14.2 Å². The first-order valence-electron chi connectivity index (χ1n) is 6.85. The summed E-state index contributed by atoms with van der Waals surface area (Å²) < 4.78 is 9.80. The van der Waals surface area contributed by atoms with Gasteiger partial charge in [-0.25, -0.2) is 0 Å². The highest BCUT2D eigenvalue weighted by Gasteiger charge is 2.46. The van der Waals surface area contributed by atoms with E-state index in [4.69, 9.17) is 9.47 Å². The Morgan fingerprint density at radius 2 is 1.87 bits per heavy atom. The van der Waals surface area contributed by atoms with E-state index in [1.54, 1.807) is 21.1 Å². The van der Waals surface area contributed by atoms with Crippen LogP contribution in [0.15, 0.2) is 30.3 Å². The second-order valence-electron chi connectivity index (χ2n) is 5.11. The van der Waals surface area contributed by atoms with E-state index in [2.05, 4.69) is 5.32 Å². The highest BCUT2D eigenvalue weighted by molar-refractivity contribution is 8.15. The van der Waals surface area contributed by atoms with Crippen molar-refractivity contribution in [3.63, 3.8) is 0 Å². The quantitative estimate of drug-likeness (QED) is 0.913.